The summed E-state index contributed by atoms with van der Waals surface area (Å²) >= 11 is 0. The topological polar surface area (TPSA) is 66.6 Å². The minimum atomic E-state index is -0.765. The maximum atomic E-state index is 10.8. The molecule has 1 fully saturated rings. The largest absolute Gasteiger partial charge is 0.350 e. The molecule has 0 heterocycles. The Bertz CT molecular complexity index is 367. The molecule has 2 rings (SSSR count). The van der Waals surface area contributed by atoms with E-state index in [1.54, 1.807) is 0 Å². The number of hydrogen-bond acceptors (Lipinski definition) is 2. The van der Waals surface area contributed by atoms with Crippen molar-refractivity contribution >= 4 is 6.03 Å². The van der Waals surface area contributed by atoms with Crippen LogP contribution in [0.2, 0.25) is 0 Å². The summed E-state index contributed by atoms with van der Waals surface area (Å²) in [5, 5.41) is 10.1. The molecule has 0 radical (unpaired) electrons. The molecule has 2 amide bonds. The van der Waals surface area contributed by atoms with Crippen LogP contribution in [0, 0.1) is 0 Å². The van der Waals surface area contributed by atoms with E-state index in [1.165, 1.54) is 5.56 Å². The van der Waals surface area contributed by atoms with E-state index in [2.05, 4.69) is 12.1 Å². The highest BCUT2D eigenvalue weighted by Crippen LogP contribution is 2.36. The first-order valence-electron chi connectivity index (χ1n) is 5.51. The van der Waals surface area contributed by atoms with Crippen LogP contribution in [-0.4, -0.2) is 22.3 Å². The third-order valence-corrected chi connectivity index (χ3v) is 3.25. The fourth-order valence-corrected chi connectivity index (χ4v) is 2.39. The van der Waals surface area contributed by atoms with Crippen LogP contribution in [0.5, 0.6) is 0 Å². The average molecular weight is 220 g/mol. The van der Waals surface area contributed by atoms with Crippen molar-refractivity contribution < 1.29 is 10.0 Å². The van der Waals surface area contributed by atoms with Crippen molar-refractivity contribution in [3.63, 3.8) is 0 Å². The highest BCUT2D eigenvalue weighted by molar-refractivity contribution is 5.70. The van der Waals surface area contributed by atoms with Gasteiger partial charge in [-0.1, -0.05) is 30.3 Å². The Balaban J connectivity index is 2.01. The van der Waals surface area contributed by atoms with Gasteiger partial charge in [0.1, 0.15) is 0 Å². The summed E-state index contributed by atoms with van der Waals surface area (Å²) in [6, 6.07) is 9.26. The third-order valence-electron chi connectivity index (χ3n) is 3.25. The molecular formula is C12H16N2O2. The average Bonchev–Trinajstić information content (AvgIpc) is 2.78. The molecule has 86 valence electrons. The maximum absolute atomic E-state index is 10.8. The van der Waals surface area contributed by atoms with Crippen LogP contribution >= 0.6 is 0 Å². The zero-order chi connectivity index (χ0) is 11.5. The first kappa shape index (κ1) is 11.0. The Labute approximate surface area is 94.6 Å². The van der Waals surface area contributed by atoms with Gasteiger partial charge in [-0.3, -0.25) is 5.21 Å². The summed E-state index contributed by atoms with van der Waals surface area (Å²) in [5.41, 5.74) is 6.30. The highest BCUT2D eigenvalue weighted by atomic mass is 16.5. The molecule has 16 heavy (non-hydrogen) atoms. The molecule has 0 bridgehead atoms. The van der Waals surface area contributed by atoms with Crippen molar-refractivity contribution in [1.82, 2.24) is 5.06 Å². The third kappa shape index (κ3) is 2.17. The van der Waals surface area contributed by atoms with Gasteiger partial charge in [0.05, 0.1) is 6.04 Å². The molecule has 2 atom stereocenters. The van der Waals surface area contributed by atoms with Gasteiger partial charge in [-0.15, -0.1) is 0 Å². The number of urea groups is 1. The van der Waals surface area contributed by atoms with Gasteiger partial charge in [-0.2, -0.15) is 0 Å². The number of nitrogens with two attached hydrogens (primary N) is 1. The number of carbonyl (C=O) groups excluding carboxylic acids is 1. The molecule has 4 heteroatoms. The van der Waals surface area contributed by atoms with E-state index in [1.807, 2.05) is 18.2 Å². The minimum Gasteiger partial charge on any atom is -0.350 e. The number of hydroxylamine groups is 2. The van der Waals surface area contributed by atoms with Gasteiger partial charge in [0.2, 0.25) is 0 Å². The van der Waals surface area contributed by atoms with E-state index >= 15 is 0 Å². The summed E-state index contributed by atoms with van der Waals surface area (Å²) in [6.45, 7) is 0. The Morgan fingerprint density at radius 3 is 2.62 bits per heavy atom. The summed E-state index contributed by atoms with van der Waals surface area (Å²) in [4.78, 5) is 10.8. The SMILES string of the molecule is NC(=O)N(O)[C@@H]1CC[C@H](c2ccccc2)C1. The lowest BCUT2D eigenvalue weighted by atomic mass is 9.98. The quantitative estimate of drug-likeness (QED) is 0.592. The number of amides is 2. The van der Waals surface area contributed by atoms with Gasteiger partial charge < -0.3 is 5.73 Å². The number of primary amides is 1. The van der Waals surface area contributed by atoms with Crippen molar-refractivity contribution in [2.45, 2.75) is 31.2 Å². The number of hydrogen-bond donors (Lipinski definition) is 2. The van der Waals surface area contributed by atoms with Gasteiger partial charge in [0.25, 0.3) is 0 Å². The second kappa shape index (κ2) is 4.53. The first-order chi connectivity index (χ1) is 7.68. The number of carbonyl (C=O) groups is 1. The number of rotatable bonds is 2. The Hall–Kier alpha value is -1.55. The molecule has 4 nitrogen and oxygen atoms in total. The van der Waals surface area contributed by atoms with Crippen LogP contribution in [0.3, 0.4) is 0 Å². The summed E-state index contributed by atoms with van der Waals surface area (Å²) in [6.07, 6.45) is 2.57. The van der Waals surface area contributed by atoms with Crippen molar-refractivity contribution in [1.29, 1.82) is 0 Å². The van der Waals surface area contributed by atoms with Crippen LogP contribution in [0.15, 0.2) is 30.3 Å². The van der Waals surface area contributed by atoms with Crippen molar-refractivity contribution in [2.24, 2.45) is 5.73 Å². The van der Waals surface area contributed by atoms with E-state index in [9.17, 15) is 10.0 Å². The minimum absolute atomic E-state index is 0.136. The second-order valence-electron chi connectivity index (χ2n) is 4.26. The highest BCUT2D eigenvalue weighted by Gasteiger charge is 2.31. The Kier molecular flexibility index (Phi) is 3.10. The van der Waals surface area contributed by atoms with Crippen LogP contribution in [0.25, 0.3) is 0 Å². The van der Waals surface area contributed by atoms with Gasteiger partial charge >= 0.3 is 6.03 Å². The fourth-order valence-electron chi connectivity index (χ4n) is 2.39. The van der Waals surface area contributed by atoms with Crippen LogP contribution in [-0.2, 0) is 0 Å². The molecule has 0 saturated heterocycles. The molecule has 1 aromatic rings. The van der Waals surface area contributed by atoms with Crippen molar-refractivity contribution in [2.75, 3.05) is 0 Å². The van der Waals surface area contributed by atoms with Crippen LogP contribution in [0.4, 0.5) is 4.79 Å². The van der Waals surface area contributed by atoms with Gasteiger partial charge in [0, 0.05) is 0 Å². The van der Waals surface area contributed by atoms with Crippen molar-refractivity contribution in [3.05, 3.63) is 35.9 Å². The zero-order valence-electron chi connectivity index (χ0n) is 9.04. The van der Waals surface area contributed by atoms with E-state index in [4.69, 9.17) is 5.73 Å². The molecule has 3 N–H and O–H groups in total. The normalized spacial score (nSPS) is 24.3. The Morgan fingerprint density at radius 2 is 2.00 bits per heavy atom. The molecule has 0 aromatic heterocycles. The maximum Gasteiger partial charge on any atom is 0.338 e. The fraction of sp³-hybridized carbons (Fsp3) is 0.417. The summed E-state index contributed by atoms with van der Waals surface area (Å²) < 4.78 is 0. The lowest BCUT2D eigenvalue weighted by Crippen LogP contribution is -2.39. The summed E-state index contributed by atoms with van der Waals surface area (Å²) in [5.74, 6) is 0.417. The van der Waals surface area contributed by atoms with E-state index in [0.717, 1.165) is 19.3 Å². The lowest BCUT2D eigenvalue weighted by molar-refractivity contribution is -0.0730. The molecule has 1 aliphatic carbocycles. The molecule has 0 spiro atoms. The van der Waals surface area contributed by atoms with Crippen LogP contribution in [0.1, 0.15) is 30.7 Å². The number of benzene rings is 1. The van der Waals surface area contributed by atoms with Gasteiger partial charge in [0.15, 0.2) is 0 Å². The monoisotopic (exact) mass is 220 g/mol. The van der Waals surface area contributed by atoms with Gasteiger partial charge in [-0.25, -0.2) is 9.86 Å². The lowest BCUT2D eigenvalue weighted by Gasteiger charge is -2.19. The summed E-state index contributed by atoms with van der Waals surface area (Å²) in [7, 11) is 0. The second-order valence-corrected chi connectivity index (χ2v) is 4.26. The standard InChI is InChI=1S/C12H16N2O2/c13-12(15)14(16)11-7-6-10(8-11)9-4-2-1-3-5-9/h1-5,10-11,16H,6-8H2,(H2,13,15)/t10-,11+/m0/s1. The van der Waals surface area contributed by atoms with E-state index < -0.39 is 6.03 Å². The van der Waals surface area contributed by atoms with Crippen LogP contribution < -0.4 is 5.73 Å². The molecule has 0 aliphatic heterocycles. The molecular weight excluding hydrogens is 204 g/mol. The first-order valence-corrected chi connectivity index (χ1v) is 5.51. The molecule has 1 aliphatic rings. The predicted molar refractivity (Wildman–Crippen MR) is 60.0 cm³/mol. The smallest absolute Gasteiger partial charge is 0.338 e. The number of nitrogens with zero attached hydrogens (tertiary/aromatic N) is 1. The van der Waals surface area contributed by atoms with E-state index in [0.29, 0.717) is 11.0 Å². The zero-order valence-corrected chi connectivity index (χ0v) is 9.04. The molecule has 0 unspecified atom stereocenters. The van der Waals surface area contributed by atoms with E-state index in [-0.39, 0.29) is 6.04 Å². The van der Waals surface area contributed by atoms with Crippen molar-refractivity contribution in [3.8, 4) is 0 Å². The molecule has 1 aromatic carbocycles. The van der Waals surface area contributed by atoms with Gasteiger partial charge in [-0.05, 0) is 30.7 Å². The Morgan fingerprint density at radius 1 is 1.31 bits per heavy atom. The predicted octanol–water partition coefficient (Wildman–Crippen LogP) is 2.09. The molecule has 1 saturated carbocycles.